The van der Waals surface area contributed by atoms with Crippen LogP contribution in [0.3, 0.4) is 0 Å². The smallest absolute Gasteiger partial charge is 0.252 e. The van der Waals surface area contributed by atoms with Gasteiger partial charge in [-0.2, -0.15) is 0 Å². The van der Waals surface area contributed by atoms with Crippen molar-refractivity contribution in [3.63, 3.8) is 0 Å². The highest BCUT2D eigenvalue weighted by Crippen LogP contribution is 2.28. The standard InChI is InChI=1S/C14H17ClN2O4S/c1-22(20,21)10-4-5-12(15)11(8-10)14(19)17-7-6-16-13(18)9-2-3-9/h4-5,8-9H,2-3,6-7H2,1H3,(H,16,18)(H,17,19). The molecule has 0 bridgehead atoms. The Morgan fingerprint density at radius 1 is 1.23 bits per heavy atom. The van der Waals surface area contributed by atoms with E-state index in [4.69, 9.17) is 11.6 Å². The molecule has 0 aliphatic heterocycles. The van der Waals surface area contributed by atoms with Crippen LogP contribution in [0.15, 0.2) is 23.1 Å². The molecule has 0 atom stereocenters. The fraction of sp³-hybridized carbons (Fsp3) is 0.429. The van der Waals surface area contributed by atoms with Gasteiger partial charge in [-0.3, -0.25) is 9.59 Å². The van der Waals surface area contributed by atoms with Gasteiger partial charge >= 0.3 is 0 Å². The van der Waals surface area contributed by atoms with Crippen LogP contribution in [0.4, 0.5) is 0 Å². The lowest BCUT2D eigenvalue weighted by Crippen LogP contribution is -2.35. The van der Waals surface area contributed by atoms with Gasteiger partial charge in [-0.1, -0.05) is 11.6 Å². The number of nitrogens with one attached hydrogen (secondary N) is 2. The lowest BCUT2D eigenvalue weighted by atomic mass is 10.2. The molecule has 120 valence electrons. The minimum atomic E-state index is -3.41. The highest BCUT2D eigenvalue weighted by molar-refractivity contribution is 7.90. The third-order valence-electron chi connectivity index (χ3n) is 3.27. The number of sulfone groups is 1. The van der Waals surface area contributed by atoms with Crippen LogP contribution in [0.5, 0.6) is 0 Å². The van der Waals surface area contributed by atoms with Crippen LogP contribution in [0, 0.1) is 5.92 Å². The number of halogens is 1. The van der Waals surface area contributed by atoms with Crippen LogP contribution in [-0.4, -0.2) is 39.6 Å². The van der Waals surface area contributed by atoms with E-state index in [1.165, 1.54) is 18.2 Å². The predicted octanol–water partition coefficient (Wildman–Crippen LogP) is 0.999. The molecule has 6 nitrogen and oxygen atoms in total. The topological polar surface area (TPSA) is 92.3 Å². The summed E-state index contributed by atoms with van der Waals surface area (Å²) in [7, 11) is -3.41. The summed E-state index contributed by atoms with van der Waals surface area (Å²) in [5.41, 5.74) is 0.0955. The maximum Gasteiger partial charge on any atom is 0.252 e. The van der Waals surface area contributed by atoms with E-state index in [1.54, 1.807) is 0 Å². The third-order valence-corrected chi connectivity index (χ3v) is 4.71. The van der Waals surface area contributed by atoms with Crippen LogP contribution >= 0.6 is 11.6 Å². The quantitative estimate of drug-likeness (QED) is 0.753. The Morgan fingerprint density at radius 2 is 1.86 bits per heavy atom. The molecule has 0 spiro atoms. The highest BCUT2D eigenvalue weighted by atomic mass is 35.5. The molecular formula is C14H17ClN2O4S. The minimum absolute atomic E-state index is 0.00588. The van der Waals surface area contributed by atoms with Crippen molar-refractivity contribution in [2.45, 2.75) is 17.7 Å². The molecule has 8 heteroatoms. The molecule has 1 fully saturated rings. The summed E-state index contributed by atoms with van der Waals surface area (Å²) in [6.45, 7) is 0.571. The third kappa shape index (κ3) is 4.45. The number of carbonyl (C=O) groups excluding carboxylic acids is 2. The van der Waals surface area contributed by atoms with Crippen LogP contribution < -0.4 is 10.6 Å². The van der Waals surface area contributed by atoms with E-state index in [9.17, 15) is 18.0 Å². The van der Waals surface area contributed by atoms with Crippen molar-refractivity contribution in [3.8, 4) is 0 Å². The number of hydrogen-bond donors (Lipinski definition) is 2. The van der Waals surface area contributed by atoms with E-state index in [0.717, 1.165) is 19.1 Å². The summed E-state index contributed by atoms with van der Waals surface area (Å²) in [6, 6.07) is 3.97. The number of amides is 2. The molecule has 0 unspecified atom stereocenters. The molecule has 2 amide bonds. The van der Waals surface area contributed by atoms with Crippen molar-refractivity contribution in [1.82, 2.24) is 10.6 Å². The van der Waals surface area contributed by atoms with Gasteiger partial charge in [-0.25, -0.2) is 8.42 Å². The van der Waals surface area contributed by atoms with Crippen molar-refractivity contribution < 1.29 is 18.0 Å². The molecule has 1 aliphatic carbocycles. The van der Waals surface area contributed by atoms with Gasteiger partial charge in [0.05, 0.1) is 15.5 Å². The maximum absolute atomic E-state index is 12.0. The van der Waals surface area contributed by atoms with E-state index < -0.39 is 15.7 Å². The molecule has 0 radical (unpaired) electrons. The molecule has 22 heavy (non-hydrogen) atoms. The molecule has 0 aromatic heterocycles. The average molecular weight is 345 g/mol. The minimum Gasteiger partial charge on any atom is -0.354 e. The number of rotatable bonds is 6. The molecule has 2 N–H and O–H groups in total. The zero-order valence-electron chi connectivity index (χ0n) is 12.1. The average Bonchev–Trinajstić information content (AvgIpc) is 3.26. The lowest BCUT2D eigenvalue weighted by molar-refractivity contribution is -0.122. The van der Waals surface area contributed by atoms with Gasteiger partial charge < -0.3 is 10.6 Å². The maximum atomic E-state index is 12.0. The first kappa shape index (κ1) is 16.8. The Labute approximate surface area is 134 Å². The Kier molecular flexibility index (Phi) is 5.08. The van der Waals surface area contributed by atoms with Gasteiger partial charge in [-0.15, -0.1) is 0 Å². The summed E-state index contributed by atoms with van der Waals surface area (Å²) >= 11 is 5.93. The molecule has 2 rings (SSSR count). The number of benzene rings is 1. The fourth-order valence-electron chi connectivity index (χ4n) is 1.86. The molecular weight excluding hydrogens is 328 g/mol. The van der Waals surface area contributed by atoms with E-state index in [-0.39, 0.29) is 33.9 Å². The van der Waals surface area contributed by atoms with Gasteiger partial charge in [0, 0.05) is 25.3 Å². The predicted molar refractivity (Wildman–Crippen MR) is 82.6 cm³/mol. The summed E-state index contributed by atoms with van der Waals surface area (Å²) in [6.07, 6.45) is 2.91. The zero-order chi connectivity index (χ0) is 16.3. The number of carbonyl (C=O) groups is 2. The van der Waals surface area contributed by atoms with Gasteiger partial charge in [0.25, 0.3) is 5.91 Å². The first-order valence-corrected chi connectivity index (χ1v) is 9.11. The zero-order valence-corrected chi connectivity index (χ0v) is 13.6. The van der Waals surface area contributed by atoms with Crippen LogP contribution in [0.1, 0.15) is 23.2 Å². The molecule has 0 heterocycles. The Hall–Kier alpha value is -1.60. The van der Waals surface area contributed by atoms with Crippen LogP contribution in [0.2, 0.25) is 5.02 Å². The monoisotopic (exact) mass is 344 g/mol. The molecule has 1 aromatic rings. The largest absolute Gasteiger partial charge is 0.354 e. The second kappa shape index (κ2) is 6.66. The van der Waals surface area contributed by atoms with Crippen molar-refractivity contribution in [1.29, 1.82) is 0 Å². The van der Waals surface area contributed by atoms with E-state index in [0.29, 0.717) is 6.54 Å². The van der Waals surface area contributed by atoms with Crippen molar-refractivity contribution >= 4 is 33.3 Å². The van der Waals surface area contributed by atoms with Crippen LogP contribution in [0.25, 0.3) is 0 Å². The molecule has 1 aliphatic rings. The van der Waals surface area contributed by atoms with Crippen molar-refractivity contribution in [3.05, 3.63) is 28.8 Å². The summed E-state index contributed by atoms with van der Waals surface area (Å²) < 4.78 is 23.0. The highest BCUT2D eigenvalue weighted by Gasteiger charge is 2.29. The first-order chi connectivity index (χ1) is 10.3. The van der Waals surface area contributed by atoms with Gasteiger partial charge in [-0.05, 0) is 31.0 Å². The van der Waals surface area contributed by atoms with Crippen LogP contribution in [-0.2, 0) is 14.6 Å². The lowest BCUT2D eigenvalue weighted by Gasteiger charge is -2.09. The Balaban J connectivity index is 1.92. The second-order valence-corrected chi connectivity index (χ2v) is 7.66. The summed E-state index contributed by atoms with van der Waals surface area (Å²) in [5, 5.41) is 5.49. The summed E-state index contributed by atoms with van der Waals surface area (Å²) in [4.78, 5) is 23.5. The number of hydrogen-bond acceptors (Lipinski definition) is 4. The first-order valence-electron chi connectivity index (χ1n) is 6.84. The second-order valence-electron chi connectivity index (χ2n) is 5.24. The Morgan fingerprint density at radius 3 is 2.45 bits per heavy atom. The van der Waals surface area contributed by atoms with Gasteiger partial charge in [0.2, 0.25) is 5.91 Å². The fourth-order valence-corrected chi connectivity index (χ4v) is 2.71. The molecule has 0 saturated heterocycles. The molecule has 1 saturated carbocycles. The van der Waals surface area contributed by atoms with E-state index >= 15 is 0 Å². The normalized spacial score (nSPS) is 14.5. The van der Waals surface area contributed by atoms with Gasteiger partial charge in [0.15, 0.2) is 9.84 Å². The van der Waals surface area contributed by atoms with E-state index in [1.807, 2.05) is 0 Å². The van der Waals surface area contributed by atoms with Gasteiger partial charge in [0.1, 0.15) is 0 Å². The van der Waals surface area contributed by atoms with Crippen molar-refractivity contribution in [2.75, 3.05) is 19.3 Å². The summed E-state index contributed by atoms with van der Waals surface area (Å²) in [5.74, 6) is -0.348. The molecule has 1 aromatic carbocycles. The van der Waals surface area contributed by atoms with E-state index in [2.05, 4.69) is 10.6 Å². The SMILES string of the molecule is CS(=O)(=O)c1ccc(Cl)c(C(=O)NCCNC(=O)C2CC2)c1. The van der Waals surface area contributed by atoms with Crippen molar-refractivity contribution in [2.24, 2.45) is 5.92 Å². The Bertz CT molecular complexity index is 699.